The zero-order valence-electron chi connectivity index (χ0n) is 13.3. The molecule has 0 spiro atoms. The molecule has 8 heteroatoms. The van der Waals surface area contributed by atoms with E-state index >= 15 is 0 Å². The maximum atomic E-state index is 13.6. The molecule has 0 saturated heterocycles. The van der Waals surface area contributed by atoms with Gasteiger partial charge in [0.15, 0.2) is 5.82 Å². The van der Waals surface area contributed by atoms with E-state index in [-0.39, 0.29) is 17.5 Å². The first-order valence-corrected chi connectivity index (χ1v) is 8.03. The second kappa shape index (κ2) is 6.46. The Kier molecular flexibility index (Phi) is 4.01. The van der Waals surface area contributed by atoms with Crippen molar-refractivity contribution in [1.82, 2.24) is 24.7 Å². The van der Waals surface area contributed by atoms with E-state index < -0.39 is 12.3 Å². The van der Waals surface area contributed by atoms with E-state index in [2.05, 4.69) is 20.2 Å². The molecule has 0 unspecified atom stereocenters. The lowest BCUT2D eigenvalue weighted by Crippen LogP contribution is -2.23. The summed E-state index contributed by atoms with van der Waals surface area (Å²) in [6.45, 7) is 0. The highest BCUT2D eigenvalue weighted by Gasteiger charge is 2.29. The average Bonchev–Trinajstić information content (AvgIpc) is 3.28. The van der Waals surface area contributed by atoms with Crippen LogP contribution in [0.15, 0.2) is 43.1 Å². The van der Waals surface area contributed by atoms with E-state index in [1.807, 2.05) is 6.07 Å². The smallest absolute Gasteiger partial charge is 0.252 e. The summed E-state index contributed by atoms with van der Waals surface area (Å²) < 4.78 is 20.9. The zero-order chi connectivity index (χ0) is 17.2. The standard InChI is InChI=1S/C17H16FN5O2/c18-13-2-1-3-15(13)25-16-9-20-17(22-21-16)12-5-4-11(8-14(12)24)23-7-6-19-10-23/h4-10,13,15,24H,1-3H2/t13-,15+/m1/s1. The van der Waals surface area contributed by atoms with E-state index in [9.17, 15) is 9.50 Å². The third-order valence-electron chi connectivity index (χ3n) is 4.21. The van der Waals surface area contributed by atoms with Crippen molar-refractivity contribution in [2.24, 2.45) is 0 Å². The van der Waals surface area contributed by atoms with Gasteiger partial charge in [-0.2, -0.15) is 0 Å². The van der Waals surface area contributed by atoms with E-state index in [1.54, 1.807) is 35.4 Å². The lowest BCUT2D eigenvalue weighted by atomic mass is 10.1. The highest BCUT2D eigenvalue weighted by molar-refractivity contribution is 5.65. The van der Waals surface area contributed by atoms with Crippen molar-refractivity contribution in [3.05, 3.63) is 43.1 Å². The first-order valence-electron chi connectivity index (χ1n) is 8.03. The second-order valence-corrected chi connectivity index (χ2v) is 5.89. The molecule has 1 aliphatic rings. The molecular formula is C17H16FN5O2. The van der Waals surface area contributed by atoms with Crippen LogP contribution in [0.1, 0.15) is 19.3 Å². The molecule has 1 aromatic carbocycles. The van der Waals surface area contributed by atoms with Gasteiger partial charge in [0, 0.05) is 18.5 Å². The molecule has 4 rings (SSSR count). The maximum Gasteiger partial charge on any atom is 0.252 e. The molecule has 0 amide bonds. The summed E-state index contributed by atoms with van der Waals surface area (Å²) in [5, 5.41) is 18.2. The van der Waals surface area contributed by atoms with E-state index in [1.165, 1.54) is 6.20 Å². The monoisotopic (exact) mass is 341 g/mol. The van der Waals surface area contributed by atoms with Gasteiger partial charge in [0.1, 0.15) is 18.0 Å². The van der Waals surface area contributed by atoms with Crippen molar-refractivity contribution in [1.29, 1.82) is 0 Å². The molecule has 2 atom stereocenters. The minimum absolute atomic E-state index is 0.0290. The summed E-state index contributed by atoms with van der Waals surface area (Å²) in [5.41, 5.74) is 1.22. The Morgan fingerprint density at radius 1 is 1.24 bits per heavy atom. The number of benzene rings is 1. The third kappa shape index (κ3) is 3.15. The molecule has 0 aliphatic heterocycles. The molecular weight excluding hydrogens is 325 g/mol. The Labute approximate surface area is 143 Å². The van der Waals surface area contributed by atoms with Crippen molar-refractivity contribution in [2.45, 2.75) is 31.5 Å². The number of ether oxygens (including phenoxy) is 1. The van der Waals surface area contributed by atoms with Gasteiger partial charge in [-0.15, -0.1) is 10.2 Å². The van der Waals surface area contributed by atoms with Crippen LogP contribution in [0.25, 0.3) is 17.1 Å². The molecule has 0 bridgehead atoms. The Bertz CT molecular complexity index is 854. The summed E-state index contributed by atoms with van der Waals surface area (Å²) in [6.07, 6.45) is 7.01. The van der Waals surface area contributed by atoms with Gasteiger partial charge in [0.2, 0.25) is 0 Å². The molecule has 25 heavy (non-hydrogen) atoms. The first kappa shape index (κ1) is 15.5. The minimum atomic E-state index is -0.971. The zero-order valence-corrected chi connectivity index (χ0v) is 13.3. The van der Waals surface area contributed by atoms with Crippen molar-refractivity contribution in [2.75, 3.05) is 0 Å². The molecule has 2 aromatic heterocycles. The molecule has 1 fully saturated rings. The molecule has 1 aliphatic carbocycles. The highest BCUT2D eigenvalue weighted by atomic mass is 19.1. The van der Waals surface area contributed by atoms with Crippen LogP contribution in [-0.4, -0.2) is 42.1 Å². The fourth-order valence-electron chi connectivity index (χ4n) is 2.89. The first-order chi connectivity index (χ1) is 12.2. The second-order valence-electron chi connectivity index (χ2n) is 5.89. The number of nitrogens with zero attached hydrogens (tertiary/aromatic N) is 5. The Morgan fingerprint density at radius 3 is 2.80 bits per heavy atom. The number of phenolic OH excluding ortho intramolecular Hbond substituents is 1. The molecule has 1 saturated carbocycles. The van der Waals surface area contributed by atoms with Gasteiger partial charge in [-0.1, -0.05) is 0 Å². The lowest BCUT2D eigenvalue weighted by molar-refractivity contribution is 0.119. The normalized spacial score (nSPS) is 19.9. The average molecular weight is 341 g/mol. The number of aromatic nitrogens is 5. The van der Waals surface area contributed by atoms with Crippen molar-refractivity contribution in [3.63, 3.8) is 0 Å². The van der Waals surface area contributed by atoms with Crippen LogP contribution in [0.5, 0.6) is 11.6 Å². The highest BCUT2D eigenvalue weighted by Crippen LogP contribution is 2.29. The SMILES string of the molecule is Oc1cc(-n2ccnc2)ccc1-c1ncc(O[C@H]2CCC[C@H]2F)nn1. The van der Waals surface area contributed by atoms with Gasteiger partial charge >= 0.3 is 0 Å². The molecule has 7 nitrogen and oxygen atoms in total. The van der Waals surface area contributed by atoms with Crippen molar-refractivity contribution < 1.29 is 14.2 Å². The van der Waals surface area contributed by atoms with Crippen LogP contribution in [0, 0.1) is 0 Å². The molecule has 128 valence electrons. The lowest BCUT2D eigenvalue weighted by Gasteiger charge is -2.14. The fraction of sp³-hybridized carbons (Fsp3) is 0.294. The number of alkyl halides is 1. The van der Waals surface area contributed by atoms with E-state index in [0.717, 1.165) is 12.1 Å². The fourth-order valence-corrected chi connectivity index (χ4v) is 2.89. The Balaban J connectivity index is 1.53. The van der Waals surface area contributed by atoms with Crippen LogP contribution >= 0.6 is 0 Å². The third-order valence-corrected chi connectivity index (χ3v) is 4.21. The predicted octanol–water partition coefficient (Wildman–Crippen LogP) is 2.70. The minimum Gasteiger partial charge on any atom is -0.507 e. The van der Waals surface area contributed by atoms with Gasteiger partial charge in [-0.25, -0.2) is 14.4 Å². The van der Waals surface area contributed by atoms with Gasteiger partial charge in [0.25, 0.3) is 5.88 Å². The van der Waals surface area contributed by atoms with Crippen molar-refractivity contribution in [3.8, 4) is 28.7 Å². The summed E-state index contributed by atoms with van der Waals surface area (Å²) in [7, 11) is 0. The number of aromatic hydroxyl groups is 1. The van der Waals surface area contributed by atoms with Crippen LogP contribution < -0.4 is 4.74 Å². The van der Waals surface area contributed by atoms with Gasteiger partial charge < -0.3 is 14.4 Å². The predicted molar refractivity (Wildman–Crippen MR) is 87.2 cm³/mol. The Hall–Kier alpha value is -3.03. The number of halogens is 1. The summed E-state index contributed by atoms with van der Waals surface area (Å²) in [6, 6.07) is 5.12. The number of hydrogen-bond donors (Lipinski definition) is 1. The van der Waals surface area contributed by atoms with Gasteiger partial charge in [-0.05, 0) is 31.4 Å². The van der Waals surface area contributed by atoms with Gasteiger partial charge in [-0.3, -0.25) is 0 Å². The maximum absolute atomic E-state index is 13.6. The molecule has 3 aromatic rings. The van der Waals surface area contributed by atoms with Crippen LogP contribution in [0.2, 0.25) is 0 Å². The summed E-state index contributed by atoms with van der Waals surface area (Å²) in [5.74, 6) is 0.486. The number of imidazole rings is 1. The van der Waals surface area contributed by atoms with Gasteiger partial charge in [0.05, 0.1) is 23.8 Å². The molecule has 1 N–H and O–H groups in total. The van der Waals surface area contributed by atoms with E-state index in [0.29, 0.717) is 18.4 Å². The topological polar surface area (TPSA) is 86.0 Å². The number of phenols is 1. The van der Waals surface area contributed by atoms with Crippen LogP contribution in [0.3, 0.4) is 0 Å². The quantitative estimate of drug-likeness (QED) is 0.785. The van der Waals surface area contributed by atoms with E-state index in [4.69, 9.17) is 4.74 Å². The summed E-state index contributed by atoms with van der Waals surface area (Å²) >= 11 is 0. The van der Waals surface area contributed by atoms with Crippen LogP contribution in [-0.2, 0) is 0 Å². The summed E-state index contributed by atoms with van der Waals surface area (Å²) in [4.78, 5) is 8.14. The molecule has 0 radical (unpaired) electrons. The number of hydrogen-bond acceptors (Lipinski definition) is 6. The Morgan fingerprint density at radius 2 is 2.16 bits per heavy atom. The molecule has 2 heterocycles. The number of rotatable bonds is 4. The van der Waals surface area contributed by atoms with Crippen molar-refractivity contribution >= 4 is 0 Å². The largest absolute Gasteiger partial charge is 0.507 e. The van der Waals surface area contributed by atoms with Crippen LogP contribution in [0.4, 0.5) is 4.39 Å².